The lowest BCUT2D eigenvalue weighted by molar-refractivity contribution is -0.0478. The average Bonchev–Trinajstić information content (AvgIpc) is 2.30. The first-order chi connectivity index (χ1) is 6.21. The summed E-state index contributed by atoms with van der Waals surface area (Å²) in [5.74, 6) is 0. The second-order valence-electron chi connectivity index (χ2n) is 3.98. The smallest absolute Gasteiger partial charge is 0.105 e. The second kappa shape index (κ2) is 3.53. The van der Waals surface area contributed by atoms with Crippen LogP contribution in [0.25, 0.3) is 0 Å². The maximum absolute atomic E-state index is 10.1. The van der Waals surface area contributed by atoms with Gasteiger partial charge in [-0.1, -0.05) is 0 Å². The van der Waals surface area contributed by atoms with Crippen LogP contribution in [0.15, 0.2) is 0 Å². The molecule has 0 aromatic heterocycles. The quantitative estimate of drug-likeness (QED) is 0.626. The molecule has 4 nitrogen and oxygen atoms in total. The molecule has 0 aromatic rings. The summed E-state index contributed by atoms with van der Waals surface area (Å²) in [4.78, 5) is 0. The minimum atomic E-state index is -0.671. The lowest BCUT2D eigenvalue weighted by Gasteiger charge is -2.32. The van der Waals surface area contributed by atoms with Crippen molar-refractivity contribution in [2.45, 2.75) is 31.1 Å². The molecule has 2 heterocycles. The number of aliphatic hydroxyl groups is 1. The highest BCUT2D eigenvalue weighted by Gasteiger charge is 2.39. The molecule has 2 atom stereocenters. The molecular weight excluding hydrogens is 170 g/mol. The fraction of sp³-hybridized carbons (Fsp3) is 1.00. The van der Waals surface area contributed by atoms with Crippen LogP contribution in [0.3, 0.4) is 0 Å². The number of hydrogen-bond donors (Lipinski definition) is 2. The van der Waals surface area contributed by atoms with Gasteiger partial charge in [-0.25, -0.2) is 0 Å². The molecule has 2 fully saturated rings. The molecule has 76 valence electrons. The summed E-state index contributed by atoms with van der Waals surface area (Å²) in [6, 6.07) is 0.428. The second-order valence-corrected chi connectivity index (χ2v) is 3.98. The van der Waals surface area contributed by atoms with Gasteiger partial charge in [0.25, 0.3) is 0 Å². The Kier molecular flexibility index (Phi) is 2.55. The molecule has 0 radical (unpaired) electrons. The van der Waals surface area contributed by atoms with Crippen molar-refractivity contribution in [3.63, 3.8) is 0 Å². The lowest BCUT2D eigenvalue weighted by Crippen LogP contribution is -2.54. The number of nitrogens with one attached hydrogen (secondary N) is 1. The molecule has 2 rings (SSSR count). The van der Waals surface area contributed by atoms with Crippen LogP contribution in [0.2, 0.25) is 0 Å². The minimum absolute atomic E-state index is 0.0546. The van der Waals surface area contributed by atoms with Crippen LogP contribution in [0, 0.1) is 0 Å². The molecule has 0 bridgehead atoms. The van der Waals surface area contributed by atoms with Crippen molar-refractivity contribution < 1.29 is 14.6 Å². The van der Waals surface area contributed by atoms with Gasteiger partial charge in [0.15, 0.2) is 0 Å². The number of hydrogen-bond acceptors (Lipinski definition) is 4. The Hall–Kier alpha value is -0.160. The van der Waals surface area contributed by atoms with Crippen molar-refractivity contribution in [1.82, 2.24) is 5.32 Å². The third kappa shape index (κ3) is 1.86. The molecule has 0 amide bonds. The summed E-state index contributed by atoms with van der Waals surface area (Å²) in [7, 11) is 0. The fourth-order valence-corrected chi connectivity index (χ4v) is 1.68. The van der Waals surface area contributed by atoms with Gasteiger partial charge in [0, 0.05) is 19.6 Å². The van der Waals surface area contributed by atoms with E-state index in [2.05, 4.69) is 5.32 Å². The lowest BCUT2D eigenvalue weighted by atomic mass is 9.96. The molecule has 0 spiro atoms. The SMILES string of the molecule is CC1OCCC1(O)CNC1COC1. The van der Waals surface area contributed by atoms with Gasteiger partial charge < -0.3 is 19.9 Å². The first kappa shape index (κ1) is 9.40. The van der Waals surface area contributed by atoms with E-state index in [4.69, 9.17) is 9.47 Å². The molecule has 2 saturated heterocycles. The molecular formula is C9H17NO3. The Labute approximate surface area is 78.2 Å². The third-order valence-electron chi connectivity index (χ3n) is 2.99. The highest BCUT2D eigenvalue weighted by molar-refractivity contribution is 4.93. The standard InChI is InChI=1S/C9H17NO3/c1-7-9(11,2-3-13-7)6-10-8-4-12-5-8/h7-8,10-11H,2-6H2,1H3. The van der Waals surface area contributed by atoms with Gasteiger partial charge in [-0.3, -0.25) is 0 Å². The summed E-state index contributed by atoms with van der Waals surface area (Å²) < 4.78 is 10.4. The van der Waals surface area contributed by atoms with Crippen molar-refractivity contribution in [3.05, 3.63) is 0 Å². The zero-order valence-corrected chi connectivity index (χ0v) is 7.95. The maximum atomic E-state index is 10.1. The summed E-state index contributed by atoms with van der Waals surface area (Å²) in [6.45, 7) is 4.74. The Morgan fingerprint density at radius 2 is 2.31 bits per heavy atom. The van der Waals surface area contributed by atoms with E-state index in [1.165, 1.54) is 0 Å². The molecule has 2 aliphatic rings. The first-order valence-corrected chi connectivity index (χ1v) is 4.86. The summed E-state index contributed by atoms with van der Waals surface area (Å²) >= 11 is 0. The topological polar surface area (TPSA) is 50.7 Å². The maximum Gasteiger partial charge on any atom is 0.105 e. The Bertz CT molecular complexity index is 184. The zero-order chi connectivity index (χ0) is 9.31. The van der Waals surface area contributed by atoms with Gasteiger partial charge in [0.2, 0.25) is 0 Å². The van der Waals surface area contributed by atoms with E-state index in [0.29, 0.717) is 19.2 Å². The largest absolute Gasteiger partial charge is 0.386 e. The molecule has 4 heteroatoms. The highest BCUT2D eigenvalue weighted by Crippen LogP contribution is 2.25. The summed E-state index contributed by atoms with van der Waals surface area (Å²) in [5.41, 5.74) is -0.671. The average molecular weight is 187 g/mol. The Morgan fingerprint density at radius 3 is 2.77 bits per heavy atom. The van der Waals surface area contributed by atoms with Gasteiger partial charge in [0.05, 0.1) is 25.4 Å². The van der Waals surface area contributed by atoms with Crippen molar-refractivity contribution in [2.75, 3.05) is 26.4 Å². The molecule has 13 heavy (non-hydrogen) atoms. The van der Waals surface area contributed by atoms with Crippen LogP contribution in [0.4, 0.5) is 0 Å². The van der Waals surface area contributed by atoms with Crippen molar-refractivity contribution in [3.8, 4) is 0 Å². The van der Waals surface area contributed by atoms with Crippen LogP contribution in [0.1, 0.15) is 13.3 Å². The zero-order valence-electron chi connectivity index (χ0n) is 7.95. The van der Waals surface area contributed by atoms with Crippen molar-refractivity contribution in [2.24, 2.45) is 0 Å². The first-order valence-electron chi connectivity index (χ1n) is 4.86. The van der Waals surface area contributed by atoms with E-state index >= 15 is 0 Å². The van der Waals surface area contributed by atoms with E-state index < -0.39 is 5.60 Å². The van der Waals surface area contributed by atoms with Crippen LogP contribution in [0.5, 0.6) is 0 Å². The van der Waals surface area contributed by atoms with E-state index in [0.717, 1.165) is 19.6 Å². The molecule has 0 saturated carbocycles. The Morgan fingerprint density at radius 1 is 1.54 bits per heavy atom. The van der Waals surface area contributed by atoms with Crippen LogP contribution in [-0.2, 0) is 9.47 Å². The van der Waals surface area contributed by atoms with Crippen LogP contribution >= 0.6 is 0 Å². The normalized spacial score (nSPS) is 40.6. The van der Waals surface area contributed by atoms with E-state index in [9.17, 15) is 5.11 Å². The molecule has 2 aliphatic heterocycles. The van der Waals surface area contributed by atoms with E-state index in [1.54, 1.807) is 0 Å². The van der Waals surface area contributed by atoms with Gasteiger partial charge in [-0.2, -0.15) is 0 Å². The molecule has 0 aliphatic carbocycles. The van der Waals surface area contributed by atoms with E-state index in [-0.39, 0.29) is 6.10 Å². The third-order valence-corrected chi connectivity index (χ3v) is 2.99. The monoisotopic (exact) mass is 187 g/mol. The Balaban J connectivity index is 1.78. The predicted molar refractivity (Wildman–Crippen MR) is 47.6 cm³/mol. The van der Waals surface area contributed by atoms with E-state index in [1.807, 2.05) is 6.92 Å². The van der Waals surface area contributed by atoms with Crippen molar-refractivity contribution in [1.29, 1.82) is 0 Å². The number of ether oxygens (including phenoxy) is 2. The highest BCUT2D eigenvalue weighted by atomic mass is 16.5. The predicted octanol–water partition coefficient (Wildman–Crippen LogP) is -0.485. The van der Waals surface area contributed by atoms with Gasteiger partial charge in [-0.05, 0) is 6.92 Å². The van der Waals surface area contributed by atoms with Crippen molar-refractivity contribution >= 4 is 0 Å². The summed E-state index contributed by atoms with van der Waals surface area (Å²) in [6.07, 6.45) is 0.676. The molecule has 2 N–H and O–H groups in total. The van der Waals surface area contributed by atoms with Crippen LogP contribution < -0.4 is 5.32 Å². The summed E-state index contributed by atoms with van der Waals surface area (Å²) in [5, 5.41) is 13.4. The molecule has 0 aromatic carbocycles. The van der Waals surface area contributed by atoms with Crippen LogP contribution in [-0.4, -0.2) is 49.2 Å². The van der Waals surface area contributed by atoms with Gasteiger partial charge in [0.1, 0.15) is 5.60 Å². The number of rotatable bonds is 3. The minimum Gasteiger partial charge on any atom is -0.386 e. The fourth-order valence-electron chi connectivity index (χ4n) is 1.68. The van der Waals surface area contributed by atoms with Gasteiger partial charge >= 0.3 is 0 Å². The van der Waals surface area contributed by atoms with Gasteiger partial charge in [-0.15, -0.1) is 0 Å². The molecule has 2 unspecified atom stereocenters.